The van der Waals surface area contributed by atoms with E-state index in [1.807, 2.05) is 37.3 Å². The van der Waals surface area contributed by atoms with E-state index in [-0.39, 0.29) is 18.1 Å². The summed E-state index contributed by atoms with van der Waals surface area (Å²) in [5.74, 6) is 0.722. The van der Waals surface area contributed by atoms with Crippen molar-refractivity contribution in [2.24, 2.45) is 0 Å². The standard InChI is InChI=1S/C19H25NO4/c1-13(18-11-15-7-4-5-9-17(15)24-18)20(3)19(21)14(2)23-12-16-8-6-10-22-16/h4-5,7,9,11,13-14,16H,6,8,10,12H2,1-3H3/t13-,14+,16-/m1/s1. The average Bonchev–Trinajstić information content (AvgIpc) is 3.26. The molecule has 0 unspecified atom stereocenters. The number of carbonyl (C=O) groups excluding carboxylic acids is 1. The maximum Gasteiger partial charge on any atom is 0.251 e. The number of carbonyl (C=O) groups is 1. The molecule has 1 amide bonds. The van der Waals surface area contributed by atoms with Crippen LogP contribution in [0, 0.1) is 0 Å². The molecule has 24 heavy (non-hydrogen) atoms. The van der Waals surface area contributed by atoms with Gasteiger partial charge in [0.2, 0.25) is 0 Å². The Morgan fingerprint density at radius 2 is 2.17 bits per heavy atom. The van der Waals surface area contributed by atoms with Gasteiger partial charge in [0.05, 0.1) is 18.8 Å². The number of hydrogen-bond donors (Lipinski definition) is 0. The van der Waals surface area contributed by atoms with E-state index in [1.165, 1.54) is 0 Å². The fraction of sp³-hybridized carbons (Fsp3) is 0.526. The minimum atomic E-state index is -0.494. The highest BCUT2D eigenvalue weighted by atomic mass is 16.5. The van der Waals surface area contributed by atoms with Crippen LogP contribution in [0.5, 0.6) is 0 Å². The fourth-order valence-electron chi connectivity index (χ4n) is 2.98. The van der Waals surface area contributed by atoms with Crippen LogP contribution in [-0.4, -0.2) is 43.3 Å². The molecule has 0 spiro atoms. The molecule has 0 radical (unpaired) electrons. The molecular formula is C19H25NO4. The molecule has 1 aliphatic heterocycles. The van der Waals surface area contributed by atoms with Crippen molar-refractivity contribution in [3.63, 3.8) is 0 Å². The third-order valence-electron chi connectivity index (χ3n) is 4.69. The Morgan fingerprint density at radius 3 is 2.88 bits per heavy atom. The van der Waals surface area contributed by atoms with Gasteiger partial charge in [-0.1, -0.05) is 18.2 Å². The largest absolute Gasteiger partial charge is 0.459 e. The van der Waals surface area contributed by atoms with E-state index in [4.69, 9.17) is 13.9 Å². The molecule has 1 saturated heterocycles. The summed E-state index contributed by atoms with van der Waals surface area (Å²) < 4.78 is 17.1. The van der Waals surface area contributed by atoms with Crippen molar-refractivity contribution in [1.29, 1.82) is 0 Å². The monoisotopic (exact) mass is 331 g/mol. The molecule has 0 saturated carbocycles. The highest BCUT2D eigenvalue weighted by molar-refractivity contribution is 5.81. The third kappa shape index (κ3) is 3.62. The molecule has 1 aromatic heterocycles. The van der Waals surface area contributed by atoms with E-state index in [1.54, 1.807) is 18.9 Å². The van der Waals surface area contributed by atoms with Crippen LogP contribution in [0.25, 0.3) is 11.0 Å². The predicted molar refractivity (Wildman–Crippen MR) is 91.8 cm³/mol. The number of fused-ring (bicyclic) bond motifs is 1. The van der Waals surface area contributed by atoms with E-state index in [0.29, 0.717) is 6.61 Å². The van der Waals surface area contributed by atoms with Gasteiger partial charge in [-0.3, -0.25) is 4.79 Å². The summed E-state index contributed by atoms with van der Waals surface area (Å²) >= 11 is 0. The molecule has 2 heterocycles. The van der Waals surface area contributed by atoms with Crippen LogP contribution < -0.4 is 0 Å². The molecule has 0 bridgehead atoms. The molecular weight excluding hydrogens is 306 g/mol. The Kier molecular flexibility index (Phi) is 5.21. The number of ether oxygens (including phenoxy) is 2. The van der Waals surface area contributed by atoms with Crippen LogP contribution >= 0.6 is 0 Å². The lowest BCUT2D eigenvalue weighted by atomic mass is 10.2. The zero-order valence-electron chi connectivity index (χ0n) is 14.5. The smallest absolute Gasteiger partial charge is 0.251 e. The van der Waals surface area contributed by atoms with Crippen molar-refractivity contribution in [3.05, 3.63) is 36.1 Å². The molecule has 2 aromatic rings. The van der Waals surface area contributed by atoms with Gasteiger partial charge in [-0.05, 0) is 38.8 Å². The lowest BCUT2D eigenvalue weighted by Gasteiger charge is -2.26. The van der Waals surface area contributed by atoms with Gasteiger partial charge in [0, 0.05) is 19.0 Å². The van der Waals surface area contributed by atoms with Crippen LogP contribution in [0.4, 0.5) is 0 Å². The van der Waals surface area contributed by atoms with Crippen LogP contribution in [0.15, 0.2) is 34.7 Å². The van der Waals surface area contributed by atoms with E-state index >= 15 is 0 Å². The Morgan fingerprint density at radius 1 is 1.38 bits per heavy atom. The van der Waals surface area contributed by atoms with E-state index < -0.39 is 6.10 Å². The van der Waals surface area contributed by atoms with Gasteiger partial charge in [0.25, 0.3) is 5.91 Å². The van der Waals surface area contributed by atoms with Crippen molar-refractivity contribution >= 4 is 16.9 Å². The average molecular weight is 331 g/mol. The quantitative estimate of drug-likeness (QED) is 0.812. The number of benzene rings is 1. The van der Waals surface area contributed by atoms with Crippen LogP contribution in [0.3, 0.4) is 0 Å². The van der Waals surface area contributed by atoms with Gasteiger partial charge in [0.15, 0.2) is 0 Å². The topological polar surface area (TPSA) is 51.9 Å². The lowest BCUT2D eigenvalue weighted by molar-refractivity contribution is -0.145. The summed E-state index contributed by atoms with van der Waals surface area (Å²) in [7, 11) is 1.78. The molecule has 5 heteroatoms. The van der Waals surface area contributed by atoms with Crippen molar-refractivity contribution < 1.29 is 18.7 Å². The molecule has 1 aromatic carbocycles. The number of para-hydroxylation sites is 1. The number of nitrogens with zero attached hydrogens (tertiary/aromatic N) is 1. The first-order chi connectivity index (χ1) is 11.6. The molecule has 0 aliphatic carbocycles. The highest BCUT2D eigenvalue weighted by Crippen LogP contribution is 2.27. The summed E-state index contributed by atoms with van der Waals surface area (Å²) in [6, 6.07) is 9.68. The van der Waals surface area contributed by atoms with Crippen LogP contribution in [0.2, 0.25) is 0 Å². The Hall–Kier alpha value is -1.85. The number of likely N-dealkylation sites (N-methyl/N-ethyl adjacent to an activating group) is 1. The van der Waals surface area contributed by atoms with Gasteiger partial charge in [-0.25, -0.2) is 0 Å². The van der Waals surface area contributed by atoms with Gasteiger partial charge in [-0.2, -0.15) is 0 Å². The minimum absolute atomic E-state index is 0.0547. The summed E-state index contributed by atoms with van der Waals surface area (Å²) in [6.07, 6.45) is 1.70. The SMILES string of the molecule is C[C@H](OC[C@H]1CCCO1)C(=O)N(C)[C@H](C)c1cc2ccccc2o1. The first-order valence-corrected chi connectivity index (χ1v) is 8.54. The first-order valence-electron chi connectivity index (χ1n) is 8.54. The van der Waals surface area contributed by atoms with E-state index in [2.05, 4.69) is 0 Å². The van der Waals surface area contributed by atoms with Gasteiger partial charge in [0.1, 0.15) is 17.4 Å². The zero-order chi connectivity index (χ0) is 17.1. The molecule has 3 rings (SSSR count). The highest BCUT2D eigenvalue weighted by Gasteiger charge is 2.26. The van der Waals surface area contributed by atoms with Gasteiger partial charge in [-0.15, -0.1) is 0 Å². The summed E-state index contributed by atoms with van der Waals surface area (Å²) in [6.45, 7) is 5.01. The Balaban J connectivity index is 1.60. The zero-order valence-corrected chi connectivity index (χ0v) is 14.5. The van der Waals surface area contributed by atoms with Crippen molar-refractivity contribution in [2.45, 2.75) is 44.9 Å². The van der Waals surface area contributed by atoms with E-state index in [9.17, 15) is 4.79 Å². The maximum atomic E-state index is 12.6. The van der Waals surface area contributed by atoms with Crippen molar-refractivity contribution in [3.8, 4) is 0 Å². The molecule has 3 atom stereocenters. The summed E-state index contributed by atoms with van der Waals surface area (Å²) in [5, 5.41) is 1.04. The van der Waals surface area contributed by atoms with Crippen molar-refractivity contribution in [2.75, 3.05) is 20.3 Å². The normalized spacial score (nSPS) is 20.2. The van der Waals surface area contributed by atoms with Crippen LogP contribution in [-0.2, 0) is 14.3 Å². The molecule has 130 valence electrons. The molecule has 0 N–H and O–H groups in total. The van der Waals surface area contributed by atoms with E-state index in [0.717, 1.165) is 36.2 Å². The van der Waals surface area contributed by atoms with Gasteiger partial charge < -0.3 is 18.8 Å². The van der Waals surface area contributed by atoms with Crippen molar-refractivity contribution in [1.82, 2.24) is 4.90 Å². The maximum absolute atomic E-state index is 12.6. The predicted octanol–water partition coefficient (Wildman–Crippen LogP) is 3.54. The number of amides is 1. The Bertz CT molecular complexity index is 656. The van der Waals surface area contributed by atoms with Gasteiger partial charge >= 0.3 is 0 Å². The third-order valence-corrected chi connectivity index (χ3v) is 4.69. The number of furan rings is 1. The second-order valence-corrected chi connectivity index (χ2v) is 6.42. The second kappa shape index (κ2) is 7.36. The lowest BCUT2D eigenvalue weighted by Crippen LogP contribution is -2.38. The number of hydrogen-bond acceptors (Lipinski definition) is 4. The summed E-state index contributed by atoms with van der Waals surface area (Å²) in [5.41, 5.74) is 0.836. The van der Waals surface area contributed by atoms with Crippen LogP contribution in [0.1, 0.15) is 38.5 Å². The molecule has 1 aliphatic rings. The fourth-order valence-corrected chi connectivity index (χ4v) is 2.98. The molecule has 5 nitrogen and oxygen atoms in total. The second-order valence-electron chi connectivity index (χ2n) is 6.42. The Labute approximate surface area is 142 Å². The first kappa shape index (κ1) is 17.0. The number of rotatable bonds is 6. The summed E-state index contributed by atoms with van der Waals surface area (Å²) in [4.78, 5) is 14.3. The molecule has 1 fully saturated rings. The minimum Gasteiger partial charge on any atom is -0.459 e.